The van der Waals surface area contributed by atoms with Crippen molar-refractivity contribution in [3.8, 4) is 0 Å². The molecule has 130 valence electrons. The molecule has 0 aliphatic carbocycles. The predicted octanol–water partition coefficient (Wildman–Crippen LogP) is 3.79. The van der Waals surface area contributed by atoms with E-state index in [1.54, 1.807) is 12.1 Å². The number of carbonyl (C=O) groups excluding carboxylic acids is 2. The molecule has 1 aliphatic rings. The maximum absolute atomic E-state index is 13.3. The van der Waals surface area contributed by atoms with Gasteiger partial charge in [-0.05, 0) is 29.5 Å². The van der Waals surface area contributed by atoms with Crippen LogP contribution in [0.25, 0.3) is 0 Å². The molecule has 0 spiro atoms. The first-order chi connectivity index (χ1) is 11.2. The van der Waals surface area contributed by atoms with Gasteiger partial charge in [-0.1, -0.05) is 39.8 Å². The second-order valence-electron chi connectivity index (χ2n) is 7.09. The van der Waals surface area contributed by atoms with Crippen LogP contribution in [-0.4, -0.2) is 28.2 Å². The van der Waals surface area contributed by atoms with Crippen molar-refractivity contribution in [3.63, 3.8) is 0 Å². The summed E-state index contributed by atoms with van der Waals surface area (Å²) in [5.74, 6) is -1.36. The first kappa shape index (κ1) is 18.2. The molecule has 1 amide bonds. The van der Waals surface area contributed by atoms with E-state index in [2.05, 4.69) is 0 Å². The zero-order valence-electron chi connectivity index (χ0n) is 14.5. The average Bonchev–Trinajstić information content (AvgIpc) is 2.72. The molecule has 4 nitrogen and oxygen atoms in total. The first-order valence-corrected chi connectivity index (χ1v) is 8.25. The number of nitrogens with zero attached hydrogens (tertiary/aromatic N) is 1. The summed E-state index contributed by atoms with van der Waals surface area (Å²) in [6.45, 7) is 8.14. The van der Waals surface area contributed by atoms with E-state index in [1.165, 1.54) is 17.0 Å². The average molecular weight is 333 g/mol. The van der Waals surface area contributed by atoms with Crippen molar-refractivity contribution in [1.29, 1.82) is 0 Å². The van der Waals surface area contributed by atoms with Crippen LogP contribution in [0.4, 0.5) is 4.39 Å². The number of ketones is 1. The number of hydrogen-bond acceptors (Lipinski definition) is 3. The fourth-order valence-corrected chi connectivity index (χ4v) is 2.99. The Kier molecular flexibility index (Phi) is 5.42. The van der Waals surface area contributed by atoms with Gasteiger partial charge >= 0.3 is 0 Å². The van der Waals surface area contributed by atoms with Crippen LogP contribution in [0.5, 0.6) is 0 Å². The molecule has 0 saturated carbocycles. The minimum atomic E-state index is -0.660. The van der Waals surface area contributed by atoms with E-state index in [-0.39, 0.29) is 35.4 Å². The summed E-state index contributed by atoms with van der Waals surface area (Å²) in [7, 11) is 0. The molecule has 1 N–H and O–H groups in total. The highest BCUT2D eigenvalue weighted by atomic mass is 19.1. The second-order valence-corrected chi connectivity index (χ2v) is 7.09. The van der Waals surface area contributed by atoms with Crippen LogP contribution in [0.15, 0.2) is 35.6 Å². The topological polar surface area (TPSA) is 57.6 Å². The monoisotopic (exact) mass is 333 g/mol. The van der Waals surface area contributed by atoms with E-state index in [0.29, 0.717) is 12.1 Å². The highest BCUT2D eigenvalue weighted by Gasteiger charge is 2.43. The van der Waals surface area contributed by atoms with Crippen molar-refractivity contribution in [2.45, 2.75) is 40.2 Å². The molecule has 1 aromatic carbocycles. The van der Waals surface area contributed by atoms with Crippen molar-refractivity contribution in [1.82, 2.24) is 4.90 Å². The first-order valence-electron chi connectivity index (χ1n) is 8.25. The molecular formula is C19H24FNO3. The van der Waals surface area contributed by atoms with Gasteiger partial charge < -0.3 is 10.0 Å². The molecule has 0 aromatic heterocycles. The van der Waals surface area contributed by atoms with Gasteiger partial charge in [-0.2, -0.15) is 0 Å². The number of aliphatic hydroxyl groups is 1. The summed E-state index contributed by atoms with van der Waals surface area (Å²) in [5, 5.41) is 10.3. The normalized spacial score (nSPS) is 18.2. The molecule has 0 fully saturated rings. The zero-order valence-corrected chi connectivity index (χ0v) is 14.5. The van der Waals surface area contributed by atoms with Gasteiger partial charge in [0.25, 0.3) is 5.91 Å². The van der Waals surface area contributed by atoms with Crippen molar-refractivity contribution in [2.75, 3.05) is 6.54 Å². The SMILES string of the molecule is CC(C)CC(=O)C1=C(O)C(=O)N(CC(C)C)C1c1ccc(F)cc1. The highest BCUT2D eigenvalue weighted by molar-refractivity contribution is 6.09. The number of aliphatic hydroxyl groups excluding tert-OH is 1. The Labute approximate surface area is 142 Å². The number of rotatable bonds is 6. The van der Waals surface area contributed by atoms with Crippen LogP contribution in [0.2, 0.25) is 0 Å². The van der Waals surface area contributed by atoms with Gasteiger partial charge in [-0.3, -0.25) is 9.59 Å². The van der Waals surface area contributed by atoms with Crippen molar-refractivity contribution in [2.24, 2.45) is 11.8 Å². The van der Waals surface area contributed by atoms with Crippen LogP contribution < -0.4 is 0 Å². The van der Waals surface area contributed by atoms with E-state index in [0.717, 1.165) is 0 Å². The van der Waals surface area contributed by atoms with Gasteiger partial charge in [-0.15, -0.1) is 0 Å². The number of carbonyl (C=O) groups is 2. The minimum Gasteiger partial charge on any atom is -0.503 e. The second kappa shape index (κ2) is 7.16. The summed E-state index contributed by atoms with van der Waals surface area (Å²) >= 11 is 0. The van der Waals surface area contributed by atoms with E-state index in [1.807, 2.05) is 27.7 Å². The van der Waals surface area contributed by atoms with Crippen LogP contribution in [-0.2, 0) is 9.59 Å². The molecule has 1 heterocycles. The van der Waals surface area contributed by atoms with Crippen LogP contribution in [0.1, 0.15) is 45.7 Å². The minimum absolute atomic E-state index is 0.112. The molecule has 24 heavy (non-hydrogen) atoms. The summed E-state index contributed by atoms with van der Waals surface area (Å²) < 4.78 is 13.3. The molecular weight excluding hydrogens is 309 g/mol. The van der Waals surface area contributed by atoms with Crippen molar-refractivity contribution < 1.29 is 19.1 Å². The number of halogens is 1. The van der Waals surface area contributed by atoms with E-state index in [9.17, 15) is 19.1 Å². The molecule has 1 unspecified atom stereocenters. The van der Waals surface area contributed by atoms with Crippen LogP contribution in [0.3, 0.4) is 0 Å². The molecule has 1 aromatic rings. The van der Waals surface area contributed by atoms with Gasteiger partial charge in [0.15, 0.2) is 11.5 Å². The highest BCUT2D eigenvalue weighted by Crippen LogP contribution is 2.39. The molecule has 0 bridgehead atoms. The molecule has 2 rings (SSSR count). The lowest BCUT2D eigenvalue weighted by atomic mass is 9.92. The summed E-state index contributed by atoms with van der Waals surface area (Å²) in [6, 6.07) is 5.05. The summed E-state index contributed by atoms with van der Waals surface area (Å²) in [5.41, 5.74) is 0.752. The third-order valence-corrected chi connectivity index (χ3v) is 3.95. The number of amides is 1. The van der Waals surface area contributed by atoms with Gasteiger partial charge in [0.1, 0.15) is 5.82 Å². The maximum atomic E-state index is 13.3. The van der Waals surface area contributed by atoms with Crippen LogP contribution >= 0.6 is 0 Å². The standard InChI is InChI=1S/C19H24FNO3/c1-11(2)9-15(22)16-17(13-5-7-14(20)8-6-13)21(10-12(3)4)19(24)18(16)23/h5-8,11-12,17,23H,9-10H2,1-4H3. The summed E-state index contributed by atoms with van der Waals surface area (Å²) in [4.78, 5) is 26.6. The maximum Gasteiger partial charge on any atom is 0.290 e. The Morgan fingerprint density at radius 3 is 2.25 bits per heavy atom. The van der Waals surface area contributed by atoms with Gasteiger partial charge in [0.2, 0.25) is 0 Å². The zero-order chi connectivity index (χ0) is 18.0. The van der Waals surface area contributed by atoms with E-state index >= 15 is 0 Å². The van der Waals surface area contributed by atoms with Gasteiger partial charge in [0.05, 0.1) is 11.6 Å². The van der Waals surface area contributed by atoms with Crippen molar-refractivity contribution >= 4 is 11.7 Å². The number of benzene rings is 1. The van der Waals surface area contributed by atoms with E-state index in [4.69, 9.17) is 0 Å². The third kappa shape index (κ3) is 3.66. The molecule has 0 radical (unpaired) electrons. The third-order valence-electron chi connectivity index (χ3n) is 3.95. The van der Waals surface area contributed by atoms with Crippen LogP contribution in [0, 0.1) is 17.7 Å². The largest absolute Gasteiger partial charge is 0.503 e. The molecule has 1 atom stereocenters. The Morgan fingerprint density at radius 1 is 1.17 bits per heavy atom. The Hall–Kier alpha value is -2.17. The Balaban J connectivity index is 2.49. The predicted molar refractivity (Wildman–Crippen MR) is 89.8 cm³/mol. The lowest BCUT2D eigenvalue weighted by Gasteiger charge is -2.28. The fourth-order valence-electron chi connectivity index (χ4n) is 2.99. The number of Topliss-reactive ketones (excluding diaryl/α,β-unsaturated/α-hetero) is 1. The van der Waals surface area contributed by atoms with Crippen molar-refractivity contribution in [3.05, 3.63) is 47.0 Å². The Bertz CT molecular complexity index is 662. The quantitative estimate of drug-likeness (QED) is 0.861. The van der Waals surface area contributed by atoms with Gasteiger partial charge in [-0.25, -0.2) is 4.39 Å². The summed E-state index contributed by atoms with van der Waals surface area (Å²) in [6.07, 6.45) is 0.250. The van der Waals surface area contributed by atoms with E-state index < -0.39 is 17.7 Å². The van der Waals surface area contributed by atoms with Gasteiger partial charge in [0, 0.05) is 13.0 Å². The molecule has 1 aliphatic heterocycles. The molecule has 5 heteroatoms. The fraction of sp³-hybridized carbons (Fsp3) is 0.474. The molecule has 0 saturated heterocycles. The number of hydrogen-bond donors (Lipinski definition) is 1. The smallest absolute Gasteiger partial charge is 0.290 e. The lowest BCUT2D eigenvalue weighted by Crippen LogP contribution is -2.34. The Morgan fingerprint density at radius 2 is 1.75 bits per heavy atom. The lowest BCUT2D eigenvalue weighted by molar-refractivity contribution is -0.129.